The molecule has 1 aromatic carbocycles. The van der Waals surface area contributed by atoms with Gasteiger partial charge in [-0.3, -0.25) is 0 Å². The maximum absolute atomic E-state index is 9.64. The Morgan fingerprint density at radius 2 is 1.93 bits per heavy atom. The van der Waals surface area contributed by atoms with Crippen molar-refractivity contribution in [1.29, 1.82) is 5.26 Å². The number of nitriles is 1. The normalized spacial score (nSPS) is 13.6. The lowest BCUT2D eigenvalue weighted by molar-refractivity contribution is 0.389. The van der Waals surface area contributed by atoms with E-state index in [1.54, 1.807) is 0 Å². The van der Waals surface area contributed by atoms with Gasteiger partial charge in [0.25, 0.3) is 0 Å². The van der Waals surface area contributed by atoms with Gasteiger partial charge in [-0.1, -0.05) is 67.7 Å². The van der Waals surface area contributed by atoms with Gasteiger partial charge in [-0.05, 0) is 69.4 Å². The number of nitrogens with zero attached hydrogens (tertiary/aromatic N) is 1. The second-order valence-corrected chi connectivity index (χ2v) is 12.9. The largest absolute Gasteiger partial charge is 0.198 e. The van der Waals surface area contributed by atoms with Crippen LogP contribution in [-0.2, 0) is 0 Å². The second kappa shape index (κ2) is 12.2. The van der Waals surface area contributed by atoms with Crippen LogP contribution in [0.25, 0.3) is 0 Å². The van der Waals surface area contributed by atoms with Crippen LogP contribution in [0.5, 0.6) is 0 Å². The van der Waals surface area contributed by atoms with Crippen LogP contribution in [-0.4, -0.2) is 9.28 Å². The van der Waals surface area contributed by atoms with E-state index in [2.05, 4.69) is 76.2 Å². The summed E-state index contributed by atoms with van der Waals surface area (Å²) in [6.07, 6.45) is 4.26. The molecule has 0 aliphatic heterocycles. The minimum atomic E-state index is -0.342. The van der Waals surface area contributed by atoms with Crippen LogP contribution >= 0.6 is 47.1 Å². The van der Waals surface area contributed by atoms with E-state index in [0.29, 0.717) is 11.2 Å². The van der Waals surface area contributed by atoms with Crippen molar-refractivity contribution in [2.24, 2.45) is 5.41 Å². The van der Waals surface area contributed by atoms with Gasteiger partial charge in [0, 0.05) is 15.0 Å². The SMILES string of the molecule is CCCCSC(=S)SC(CC(CC(C)(C)C#N)c1ccc(C)s1)c1ccccc1. The van der Waals surface area contributed by atoms with Crippen LogP contribution in [0.1, 0.15) is 72.9 Å². The van der Waals surface area contributed by atoms with Crippen LogP contribution in [0.15, 0.2) is 42.5 Å². The number of rotatable bonds is 10. The summed E-state index contributed by atoms with van der Waals surface area (Å²) >= 11 is 11.2. The maximum atomic E-state index is 9.64. The highest BCUT2D eigenvalue weighted by molar-refractivity contribution is 8.47. The zero-order valence-corrected chi connectivity index (χ0v) is 21.1. The van der Waals surface area contributed by atoms with E-state index in [-0.39, 0.29) is 5.41 Å². The van der Waals surface area contributed by atoms with Crippen molar-refractivity contribution < 1.29 is 0 Å². The molecule has 0 fully saturated rings. The minimum absolute atomic E-state index is 0.305. The number of thiocarbonyl (C=S) groups is 1. The van der Waals surface area contributed by atoms with Gasteiger partial charge < -0.3 is 0 Å². The van der Waals surface area contributed by atoms with Gasteiger partial charge in [-0.15, -0.1) is 23.1 Å². The third kappa shape index (κ3) is 8.45. The molecule has 0 saturated carbocycles. The highest BCUT2D eigenvalue weighted by Crippen LogP contribution is 2.45. The predicted octanol–water partition coefficient (Wildman–Crippen LogP) is 8.76. The second-order valence-electron chi connectivity index (χ2n) is 8.05. The third-order valence-corrected chi connectivity index (χ3v) is 8.97. The molecular formula is C24H31NS4. The first-order valence-corrected chi connectivity index (χ1v) is 13.3. The van der Waals surface area contributed by atoms with Crippen LogP contribution < -0.4 is 0 Å². The van der Waals surface area contributed by atoms with E-state index in [9.17, 15) is 5.26 Å². The molecule has 0 N–H and O–H groups in total. The van der Waals surface area contributed by atoms with Gasteiger partial charge in [0.1, 0.15) is 3.53 Å². The molecule has 0 spiro atoms. The zero-order valence-electron chi connectivity index (χ0n) is 17.8. The van der Waals surface area contributed by atoms with E-state index in [1.807, 2.05) is 34.9 Å². The summed E-state index contributed by atoms with van der Waals surface area (Å²) in [5, 5.41) is 9.94. The molecule has 2 atom stereocenters. The predicted molar refractivity (Wildman–Crippen MR) is 137 cm³/mol. The van der Waals surface area contributed by atoms with Crippen molar-refractivity contribution in [3.8, 4) is 6.07 Å². The van der Waals surface area contributed by atoms with Gasteiger partial charge in [0.2, 0.25) is 0 Å². The fourth-order valence-corrected chi connectivity index (χ4v) is 7.18. The molecule has 5 heteroatoms. The van der Waals surface area contributed by atoms with E-state index < -0.39 is 0 Å². The van der Waals surface area contributed by atoms with Crippen LogP contribution in [0.2, 0.25) is 0 Å². The van der Waals surface area contributed by atoms with Crippen molar-refractivity contribution in [2.45, 2.75) is 64.5 Å². The molecule has 2 rings (SSSR count). The Morgan fingerprint density at radius 3 is 2.52 bits per heavy atom. The Morgan fingerprint density at radius 1 is 1.21 bits per heavy atom. The van der Waals surface area contributed by atoms with E-state index in [4.69, 9.17) is 12.2 Å². The van der Waals surface area contributed by atoms with E-state index >= 15 is 0 Å². The lowest BCUT2D eigenvalue weighted by Gasteiger charge is -2.27. The summed E-state index contributed by atoms with van der Waals surface area (Å²) in [6.45, 7) is 8.48. The molecule has 0 aliphatic rings. The molecule has 29 heavy (non-hydrogen) atoms. The van der Waals surface area contributed by atoms with E-state index in [0.717, 1.165) is 22.1 Å². The molecule has 0 amide bonds. The van der Waals surface area contributed by atoms with E-state index in [1.165, 1.54) is 28.2 Å². The van der Waals surface area contributed by atoms with Gasteiger partial charge in [0.15, 0.2) is 0 Å². The number of hydrogen-bond acceptors (Lipinski definition) is 5. The van der Waals surface area contributed by atoms with Gasteiger partial charge in [-0.25, -0.2) is 0 Å². The summed E-state index contributed by atoms with van der Waals surface area (Å²) in [5.41, 5.74) is 0.981. The Bertz CT molecular complexity index is 804. The Balaban J connectivity index is 2.24. The van der Waals surface area contributed by atoms with Crippen LogP contribution in [0.3, 0.4) is 0 Å². The number of aryl methyl sites for hydroxylation is 1. The van der Waals surface area contributed by atoms with Crippen LogP contribution in [0, 0.1) is 23.7 Å². The van der Waals surface area contributed by atoms with Crippen molar-refractivity contribution in [2.75, 3.05) is 5.75 Å². The topological polar surface area (TPSA) is 23.8 Å². The smallest absolute Gasteiger partial charge is 0.104 e. The molecule has 0 aliphatic carbocycles. The number of hydrogen-bond donors (Lipinski definition) is 0. The van der Waals surface area contributed by atoms with Crippen molar-refractivity contribution in [1.82, 2.24) is 0 Å². The van der Waals surface area contributed by atoms with Crippen molar-refractivity contribution >= 4 is 50.6 Å². The first-order chi connectivity index (χ1) is 13.8. The Hall–Kier alpha value is -0.800. The lowest BCUT2D eigenvalue weighted by atomic mass is 9.81. The fraction of sp³-hybridized carbons (Fsp3) is 0.500. The molecule has 1 aromatic heterocycles. The first kappa shape index (κ1) is 24.5. The monoisotopic (exact) mass is 461 g/mol. The number of thioether (sulfide) groups is 2. The number of benzene rings is 1. The molecule has 0 bridgehead atoms. The molecule has 156 valence electrons. The number of thiophene rings is 1. The van der Waals surface area contributed by atoms with Crippen molar-refractivity contribution in [3.05, 3.63) is 57.8 Å². The maximum Gasteiger partial charge on any atom is 0.104 e. The van der Waals surface area contributed by atoms with Crippen molar-refractivity contribution in [3.63, 3.8) is 0 Å². The molecular weight excluding hydrogens is 431 g/mol. The highest BCUT2D eigenvalue weighted by atomic mass is 32.2. The zero-order chi connectivity index (χ0) is 21.3. The lowest BCUT2D eigenvalue weighted by Crippen LogP contribution is -2.15. The fourth-order valence-electron chi connectivity index (χ4n) is 3.26. The van der Waals surface area contributed by atoms with Gasteiger partial charge in [0.05, 0.1) is 11.5 Å². The average molecular weight is 462 g/mol. The standard InChI is InChI=1S/C24H31NS4/c1-5-6-14-27-23(26)29-22(19-10-8-7-9-11-19)15-20(16-24(3,4)17-25)21-13-12-18(2)28-21/h7-13,20,22H,5-6,14-16H2,1-4H3. The highest BCUT2D eigenvalue weighted by Gasteiger charge is 2.29. The summed E-state index contributed by atoms with van der Waals surface area (Å²) in [6, 6.07) is 17.7. The Labute approximate surface area is 194 Å². The summed E-state index contributed by atoms with van der Waals surface area (Å²) in [5.74, 6) is 1.45. The quantitative estimate of drug-likeness (QED) is 0.260. The molecule has 1 nitrogen and oxygen atoms in total. The van der Waals surface area contributed by atoms with Gasteiger partial charge >= 0.3 is 0 Å². The number of unbranched alkanes of at least 4 members (excludes halogenated alkanes) is 1. The summed E-state index contributed by atoms with van der Waals surface area (Å²) in [4.78, 5) is 2.71. The summed E-state index contributed by atoms with van der Waals surface area (Å²) < 4.78 is 1.04. The molecule has 1 heterocycles. The molecule has 0 saturated heterocycles. The molecule has 2 aromatic rings. The summed E-state index contributed by atoms with van der Waals surface area (Å²) in [7, 11) is 0. The minimum Gasteiger partial charge on any atom is -0.198 e. The average Bonchev–Trinajstić information content (AvgIpc) is 3.14. The molecule has 0 radical (unpaired) electrons. The Kier molecular flexibility index (Phi) is 10.3. The van der Waals surface area contributed by atoms with Crippen LogP contribution in [0.4, 0.5) is 0 Å². The van der Waals surface area contributed by atoms with Gasteiger partial charge in [-0.2, -0.15) is 5.26 Å². The third-order valence-electron chi connectivity index (χ3n) is 4.85. The molecule has 2 unspecified atom stereocenters. The first-order valence-electron chi connectivity index (χ1n) is 10.2.